The summed E-state index contributed by atoms with van der Waals surface area (Å²) in [4.78, 5) is 11.4. The van der Waals surface area contributed by atoms with Crippen molar-refractivity contribution in [3.05, 3.63) is 90.0 Å². The Morgan fingerprint density at radius 2 is 1.48 bits per heavy atom. The van der Waals surface area contributed by atoms with E-state index in [0.717, 1.165) is 16.7 Å². The van der Waals surface area contributed by atoms with Crippen LogP contribution in [-0.4, -0.2) is 12.6 Å². The van der Waals surface area contributed by atoms with Crippen molar-refractivity contribution < 1.29 is 9.53 Å². The fraction of sp³-hybridized carbons (Fsp3) is 0.105. The topological polar surface area (TPSA) is 26.3 Å². The Balaban J connectivity index is 2.25. The zero-order valence-electron chi connectivity index (χ0n) is 12.1. The molecular weight excluding hydrogens is 260 g/mol. The molecule has 2 heteroatoms. The summed E-state index contributed by atoms with van der Waals surface area (Å²) in [6.45, 7) is 5.44. The SMILES string of the molecule is C=C(C)C(=O)OCC=C(c1ccccc1)c1ccccc1. The van der Waals surface area contributed by atoms with Crippen LogP contribution in [0.3, 0.4) is 0 Å². The van der Waals surface area contributed by atoms with Crippen molar-refractivity contribution in [2.45, 2.75) is 6.92 Å². The molecule has 21 heavy (non-hydrogen) atoms. The maximum Gasteiger partial charge on any atom is 0.333 e. The van der Waals surface area contributed by atoms with E-state index in [9.17, 15) is 4.79 Å². The number of hydrogen-bond acceptors (Lipinski definition) is 2. The summed E-state index contributed by atoms with van der Waals surface area (Å²) in [7, 11) is 0. The molecule has 0 saturated heterocycles. The number of carbonyl (C=O) groups excluding carboxylic acids is 1. The van der Waals surface area contributed by atoms with Gasteiger partial charge in [-0.05, 0) is 29.7 Å². The van der Waals surface area contributed by atoms with Crippen LogP contribution in [0.2, 0.25) is 0 Å². The summed E-state index contributed by atoms with van der Waals surface area (Å²) in [6, 6.07) is 20.1. The highest BCUT2D eigenvalue weighted by molar-refractivity contribution is 5.87. The molecule has 2 nitrogen and oxygen atoms in total. The van der Waals surface area contributed by atoms with Gasteiger partial charge in [0.25, 0.3) is 0 Å². The minimum Gasteiger partial charge on any atom is -0.458 e. The molecule has 0 N–H and O–H groups in total. The highest BCUT2D eigenvalue weighted by Gasteiger charge is 2.05. The predicted molar refractivity (Wildman–Crippen MR) is 85.7 cm³/mol. The van der Waals surface area contributed by atoms with Gasteiger partial charge in [0.2, 0.25) is 0 Å². The number of esters is 1. The second kappa shape index (κ2) is 7.25. The first-order valence-electron chi connectivity index (χ1n) is 6.82. The first-order valence-corrected chi connectivity index (χ1v) is 6.82. The zero-order chi connectivity index (χ0) is 15.1. The monoisotopic (exact) mass is 278 g/mol. The molecule has 0 aliphatic heterocycles. The lowest BCUT2D eigenvalue weighted by Crippen LogP contribution is -2.05. The molecular formula is C19H18O2. The Kier molecular flexibility index (Phi) is 5.10. The molecule has 0 aliphatic carbocycles. The lowest BCUT2D eigenvalue weighted by atomic mass is 9.98. The van der Waals surface area contributed by atoms with Crippen LogP contribution in [0.1, 0.15) is 18.1 Å². The van der Waals surface area contributed by atoms with E-state index in [1.54, 1.807) is 6.92 Å². The fourth-order valence-corrected chi connectivity index (χ4v) is 1.96. The van der Waals surface area contributed by atoms with Gasteiger partial charge in [-0.2, -0.15) is 0 Å². The highest BCUT2D eigenvalue weighted by Crippen LogP contribution is 2.22. The molecule has 0 aliphatic rings. The third-order valence-corrected chi connectivity index (χ3v) is 3.02. The van der Waals surface area contributed by atoms with Crippen molar-refractivity contribution in [1.29, 1.82) is 0 Å². The van der Waals surface area contributed by atoms with E-state index < -0.39 is 0 Å². The van der Waals surface area contributed by atoms with Gasteiger partial charge in [0.05, 0.1) is 0 Å². The van der Waals surface area contributed by atoms with Gasteiger partial charge >= 0.3 is 5.97 Å². The van der Waals surface area contributed by atoms with E-state index in [0.29, 0.717) is 5.57 Å². The van der Waals surface area contributed by atoms with Crippen LogP contribution >= 0.6 is 0 Å². The minimum absolute atomic E-state index is 0.227. The van der Waals surface area contributed by atoms with Crippen molar-refractivity contribution in [2.75, 3.05) is 6.61 Å². The average Bonchev–Trinajstić information content (AvgIpc) is 2.53. The molecule has 0 bridgehead atoms. The van der Waals surface area contributed by atoms with Gasteiger partial charge in [0.1, 0.15) is 6.61 Å². The summed E-state index contributed by atoms with van der Waals surface area (Å²) in [5.41, 5.74) is 3.64. The van der Waals surface area contributed by atoms with E-state index in [4.69, 9.17) is 4.74 Å². The molecule has 0 radical (unpaired) electrons. The van der Waals surface area contributed by atoms with Crippen molar-refractivity contribution in [1.82, 2.24) is 0 Å². The second-order valence-electron chi connectivity index (χ2n) is 4.73. The number of rotatable bonds is 5. The zero-order valence-corrected chi connectivity index (χ0v) is 12.1. The highest BCUT2D eigenvalue weighted by atomic mass is 16.5. The Morgan fingerprint density at radius 3 is 1.90 bits per heavy atom. The predicted octanol–water partition coefficient (Wildman–Crippen LogP) is 4.24. The van der Waals surface area contributed by atoms with E-state index in [1.807, 2.05) is 66.7 Å². The van der Waals surface area contributed by atoms with Gasteiger partial charge in [0, 0.05) is 5.57 Å². The maximum absolute atomic E-state index is 11.4. The minimum atomic E-state index is -0.369. The molecule has 2 aromatic carbocycles. The summed E-state index contributed by atoms with van der Waals surface area (Å²) >= 11 is 0. The smallest absolute Gasteiger partial charge is 0.333 e. The van der Waals surface area contributed by atoms with Crippen molar-refractivity contribution in [3.8, 4) is 0 Å². The molecule has 2 rings (SSSR count). The van der Waals surface area contributed by atoms with Crippen LogP contribution < -0.4 is 0 Å². The third-order valence-electron chi connectivity index (χ3n) is 3.02. The van der Waals surface area contributed by atoms with Gasteiger partial charge in [-0.3, -0.25) is 0 Å². The van der Waals surface area contributed by atoms with Crippen LogP contribution in [0.5, 0.6) is 0 Å². The second-order valence-corrected chi connectivity index (χ2v) is 4.73. The van der Waals surface area contributed by atoms with Crippen LogP contribution in [0.4, 0.5) is 0 Å². The lowest BCUT2D eigenvalue weighted by Gasteiger charge is -2.09. The Labute approximate surface area is 125 Å². The summed E-state index contributed by atoms with van der Waals surface area (Å²) in [5, 5.41) is 0. The Hall–Kier alpha value is -2.61. The van der Waals surface area contributed by atoms with Gasteiger partial charge in [-0.1, -0.05) is 67.2 Å². The standard InChI is InChI=1S/C19H18O2/c1-15(2)19(20)21-14-13-18(16-9-5-3-6-10-16)17-11-7-4-8-12-17/h3-13H,1,14H2,2H3. The largest absolute Gasteiger partial charge is 0.458 e. The summed E-state index contributed by atoms with van der Waals surface area (Å²) in [6.07, 6.45) is 1.92. The molecule has 0 spiro atoms. The molecule has 106 valence electrons. The molecule has 0 unspecified atom stereocenters. The van der Waals surface area contributed by atoms with Gasteiger partial charge in [-0.25, -0.2) is 4.79 Å². The van der Waals surface area contributed by atoms with E-state index >= 15 is 0 Å². The Bertz CT molecular complexity index is 598. The number of benzene rings is 2. The third kappa shape index (κ3) is 4.18. The summed E-state index contributed by atoms with van der Waals surface area (Å²) in [5.74, 6) is -0.369. The quantitative estimate of drug-likeness (QED) is 0.604. The molecule has 0 aromatic heterocycles. The number of carbonyl (C=O) groups is 1. The lowest BCUT2D eigenvalue weighted by molar-refractivity contribution is -0.137. The molecule has 2 aromatic rings. The van der Waals surface area contributed by atoms with Crippen LogP contribution in [0, 0.1) is 0 Å². The van der Waals surface area contributed by atoms with Crippen molar-refractivity contribution in [2.24, 2.45) is 0 Å². The molecule has 0 fully saturated rings. The fourth-order valence-electron chi connectivity index (χ4n) is 1.96. The van der Waals surface area contributed by atoms with Crippen LogP contribution in [0.15, 0.2) is 78.9 Å². The first kappa shape index (κ1) is 14.8. The summed E-state index contributed by atoms with van der Waals surface area (Å²) < 4.78 is 5.16. The van der Waals surface area contributed by atoms with Crippen LogP contribution in [-0.2, 0) is 9.53 Å². The normalized spacial score (nSPS) is 9.76. The molecule has 0 heterocycles. The van der Waals surface area contributed by atoms with E-state index in [1.165, 1.54) is 0 Å². The molecule has 0 atom stereocenters. The van der Waals surface area contributed by atoms with Gasteiger partial charge in [-0.15, -0.1) is 0 Å². The number of hydrogen-bond donors (Lipinski definition) is 0. The first-order chi connectivity index (χ1) is 10.2. The molecule has 0 saturated carbocycles. The van der Waals surface area contributed by atoms with E-state index in [-0.39, 0.29) is 12.6 Å². The molecule has 0 amide bonds. The van der Waals surface area contributed by atoms with Gasteiger partial charge < -0.3 is 4.74 Å². The Morgan fingerprint density at radius 1 is 1.00 bits per heavy atom. The van der Waals surface area contributed by atoms with Gasteiger partial charge in [0.15, 0.2) is 0 Å². The average molecular weight is 278 g/mol. The maximum atomic E-state index is 11.4. The van der Waals surface area contributed by atoms with E-state index in [2.05, 4.69) is 6.58 Å². The van der Waals surface area contributed by atoms with Crippen molar-refractivity contribution in [3.63, 3.8) is 0 Å². The van der Waals surface area contributed by atoms with Crippen molar-refractivity contribution >= 4 is 11.5 Å². The van der Waals surface area contributed by atoms with Crippen LogP contribution in [0.25, 0.3) is 5.57 Å². The number of ether oxygens (including phenoxy) is 1.